The first-order chi connectivity index (χ1) is 12.6. The summed E-state index contributed by atoms with van der Waals surface area (Å²) in [4.78, 5) is 2.46. The minimum absolute atomic E-state index is 0.202. The zero-order chi connectivity index (χ0) is 18.5. The molecule has 2 aromatic rings. The van der Waals surface area contributed by atoms with Gasteiger partial charge in [0.25, 0.3) is 0 Å². The fourth-order valence-corrected chi connectivity index (χ4v) is 4.13. The second-order valence-corrected chi connectivity index (χ2v) is 7.66. The normalized spacial score (nSPS) is 25.2. The van der Waals surface area contributed by atoms with Gasteiger partial charge in [0.05, 0.1) is 13.4 Å². The molecule has 1 fully saturated rings. The molecule has 0 saturated carbocycles. The SMILES string of the molecule is COc1ccccc1[C@@H](CCN[C@@H]1C[C@@H](C)N(C)C[C@@H]1C)c1ccco1. The summed E-state index contributed by atoms with van der Waals surface area (Å²) in [7, 11) is 3.96. The van der Waals surface area contributed by atoms with Crippen LogP contribution in [0.15, 0.2) is 47.1 Å². The van der Waals surface area contributed by atoms with Crippen LogP contribution in [0.3, 0.4) is 0 Å². The molecule has 1 N–H and O–H groups in total. The molecule has 26 heavy (non-hydrogen) atoms. The Morgan fingerprint density at radius 2 is 2.04 bits per heavy atom. The Hall–Kier alpha value is -1.78. The van der Waals surface area contributed by atoms with E-state index in [2.05, 4.69) is 49.3 Å². The lowest BCUT2D eigenvalue weighted by Crippen LogP contribution is -2.51. The molecule has 4 nitrogen and oxygen atoms in total. The largest absolute Gasteiger partial charge is 0.496 e. The summed E-state index contributed by atoms with van der Waals surface area (Å²) in [5.74, 6) is 2.80. The van der Waals surface area contributed by atoms with Crippen molar-refractivity contribution in [3.8, 4) is 5.75 Å². The van der Waals surface area contributed by atoms with Crippen LogP contribution < -0.4 is 10.1 Å². The Kier molecular flexibility index (Phi) is 6.38. The molecule has 4 atom stereocenters. The average Bonchev–Trinajstić information content (AvgIpc) is 3.17. The Morgan fingerprint density at radius 1 is 1.23 bits per heavy atom. The molecule has 1 aromatic heterocycles. The van der Waals surface area contributed by atoms with Crippen molar-refractivity contribution in [1.29, 1.82) is 0 Å². The van der Waals surface area contributed by atoms with Crippen LogP contribution in [0.4, 0.5) is 0 Å². The summed E-state index contributed by atoms with van der Waals surface area (Å²) in [6, 6.07) is 13.5. The maximum absolute atomic E-state index is 5.75. The third-order valence-electron chi connectivity index (χ3n) is 5.85. The van der Waals surface area contributed by atoms with Crippen molar-refractivity contribution in [2.24, 2.45) is 5.92 Å². The third-order valence-corrected chi connectivity index (χ3v) is 5.85. The molecule has 1 aromatic carbocycles. The van der Waals surface area contributed by atoms with Crippen molar-refractivity contribution in [3.05, 3.63) is 54.0 Å². The number of likely N-dealkylation sites (tertiary alicyclic amines) is 1. The van der Waals surface area contributed by atoms with Gasteiger partial charge < -0.3 is 19.4 Å². The molecule has 4 heteroatoms. The van der Waals surface area contributed by atoms with Crippen LogP contribution >= 0.6 is 0 Å². The Bertz CT molecular complexity index is 671. The van der Waals surface area contributed by atoms with Crippen molar-refractivity contribution < 1.29 is 9.15 Å². The van der Waals surface area contributed by atoms with Gasteiger partial charge in [-0.15, -0.1) is 0 Å². The van der Waals surface area contributed by atoms with E-state index in [4.69, 9.17) is 9.15 Å². The topological polar surface area (TPSA) is 37.6 Å². The number of piperidine rings is 1. The van der Waals surface area contributed by atoms with Crippen LogP contribution in [0.1, 0.15) is 43.9 Å². The molecule has 0 amide bonds. The lowest BCUT2D eigenvalue weighted by Gasteiger charge is -2.40. The number of ether oxygens (including phenoxy) is 1. The quantitative estimate of drug-likeness (QED) is 0.809. The first-order valence-electron chi connectivity index (χ1n) is 9.70. The highest BCUT2D eigenvalue weighted by Gasteiger charge is 2.29. The van der Waals surface area contributed by atoms with Gasteiger partial charge in [0.15, 0.2) is 0 Å². The van der Waals surface area contributed by atoms with Gasteiger partial charge in [0, 0.05) is 30.1 Å². The van der Waals surface area contributed by atoms with Gasteiger partial charge in [0.1, 0.15) is 11.5 Å². The number of rotatable bonds is 7. The Balaban J connectivity index is 1.68. The molecule has 2 heterocycles. The fourth-order valence-electron chi connectivity index (χ4n) is 4.13. The van der Waals surface area contributed by atoms with E-state index in [-0.39, 0.29) is 5.92 Å². The second kappa shape index (κ2) is 8.74. The molecule has 1 aliphatic rings. The van der Waals surface area contributed by atoms with E-state index in [1.165, 1.54) is 12.0 Å². The number of hydrogen-bond donors (Lipinski definition) is 1. The minimum Gasteiger partial charge on any atom is -0.496 e. The smallest absolute Gasteiger partial charge is 0.122 e. The number of hydrogen-bond acceptors (Lipinski definition) is 4. The molecule has 1 saturated heterocycles. The van der Waals surface area contributed by atoms with Crippen LogP contribution in [0.25, 0.3) is 0 Å². The molecular formula is C22H32N2O2. The average molecular weight is 357 g/mol. The standard InChI is InChI=1S/C22H32N2O2/c1-16-15-24(3)17(2)14-20(16)23-12-11-19(22-10-7-13-26-22)18-8-5-6-9-21(18)25-4/h5-10,13,16-17,19-20,23H,11-12,14-15H2,1-4H3/t16-,17+,19+,20+/m0/s1. The van der Waals surface area contributed by atoms with Gasteiger partial charge in [-0.05, 0) is 57.5 Å². The minimum atomic E-state index is 0.202. The second-order valence-electron chi connectivity index (χ2n) is 7.66. The highest BCUT2D eigenvalue weighted by Crippen LogP contribution is 2.34. The van der Waals surface area contributed by atoms with Gasteiger partial charge in [-0.2, -0.15) is 0 Å². The van der Waals surface area contributed by atoms with Crippen molar-refractivity contribution in [2.75, 3.05) is 27.2 Å². The van der Waals surface area contributed by atoms with Crippen molar-refractivity contribution >= 4 is 0 Å². The first-order valence-corrected chi connectivity index (χ1v) is 9.70. The van der Waals surface area contributed by atoms with E-state index in [0.29, 0.717) is 18.0 Å². The monoisotopic (exact) mass is 356 g/mol. The Morgan fingerprint density at radius 3 is 2.77 bits per heavy atom. The van der Waals surface area contributed by atoms with Gasteiger partial charge in [-0.3, -0.25) is 0 Å². The number of nitrogens with one attached hydrogen (secondary N) is 1. The van der Waals surface area contributed by atoms with Gasteiger partial charge in [0.2, 0.25) is 0 Å². The van der Waals surface area contributed by atoms with Gasteiger partial charge >= 0.3 is 0 Å². The van der Waals surface area contributed by atoms with Crippen LogP contribution in [-0.4, -0.2) is 44.2 Å². The summed E-state index contributed by atoms with van der Waals surface area (Å²) < 4.78 is 11.4. The molecule has 0 bridgehead atoms. The predicted octanol–water partition coefficient (Wildman–Crippen LogP) is 4.13. The highest BCUT2D eigenvalue weighted by molar-refractivity contribution is 5.39. The summed E-state index contributed by atoms with van der Waals surface area (Å²) in [5, 5.41) is 3.81. The van der Waals surface area contributed by atoms with Crippen LogP contribution in [-0.2, 0) is 0 Å². The molecule has 0 spiro atoms. The number of methoxy groups -OCH3 is 1. The van der Waals surface area contributed by atoms with E-state index >= 15 is 0 Å². The predicted molar refractivity (Wildman–Crippen MR) is 106 cm³/mol. The van der Waals surface area contributed by atoms with Crippen LogP contribution in [0.2, 0.25) is 0 Å². The summed E-state index contributed by atoms with van der Waals surface area (Å²) in [6.07, 6.45) is 3.95. The lowest BCUT2D eigenvalue weighted by molar-refractivity contribution is 0.121. The van der Waals surface area contributed by atoms with Crippen LogP contribution in [0.5, 0.6) is 5.75 Å². The fraction of sp³-hybridized carbons (Fsp3) is 0.545. The van der Waals surface area contributed by atoms with E-state index in [1.54, 1.807) is 13.4 Å². The van der Waals surface area contributed by atoms with Crippen LogP contribution in [0, 0.1) is 5.92 Å². The zero-order valence-corrected chi connectivity index (χ0v) is 16.4. The lowest BCUT2D eigenvalue weighted by atomic mass is 9.88. The first kappa shape index (κ1) is 19.0. The third kappa shape index (κ3) is 4.30. The highest BCUT2D eigenvalue weighted by atomic mass is 16.5. The molecule has 0 unspecified atom stereocenters. The summed E-state index contributed by atoms with van der Waals surface area (Å²) in [6.45, 7) is 6.80. The van der Waals surface area contributed by atoms with E-state index in [1.807, 2.05) is 18.2 Å². The summed E-state index contributed by atoms with van der Waals surface area (Å²) in [5.41, 5.74) is 1.19. The molecule has 0 aliphatic carbocycles. The van der Waals surface area contributed by atoms with Crippen molar-refractivity contribution in [3.63, 3.8) is 0 Å². The van der Waals surface area contributed by atoms with Crippen molar-refractivity contribution in [2.45, 2.75) is 44.7 Å². The van der Waals surface area contributed by atoms with Gasteiger partial charge in [-0.25, -0.2) is 0 Å². The van der Waals surface area contributed by atoms with E-state index in [0.717, 1.165) is 31.0 Å². The summed E-state index contributed by atoms with van der Waals surface area (Å²) >= 11 is 0. The number of para-hydroxylation sites is 1. The Labute approximate surface area is 157 Å². The van der Waals surface area contributed by atoms with Crippen molar-refractivity contribution in [1.82, 2.24) is 10.2 Å². The molecule has 0 radical (unpaired) electrons. The number of furan rings is 1. The van der Waals surface area contributed by atoms with E-state index < -0.39 is 0 Å². The maximum atomic E-state index is 5.75. The number of benzene rings is 1. The number of nitrogens with zero attached hydrogens (tertiary/aromatic N) is 1. The molecule has 1 aliphatic heterocycles. The maximum Gasteiger partial charge on any atom is 0.122 e. The molecule has 3 rings (SSSR count). The van der Waals surface area contributed by atoms with E-state index in [9.17, 15) is 0 Å². The molecular weight excluding hydrogens is 324 g/mol. The molecule has 142 valence electrons. The van der Waals surface area contributed by atoms with Gasteiger partial charge in [-0.1, -0.05) is 25.1 Å². The zero-order valence-electron chi connectivity index (χ0n) is 16.4.